The average molecular weight is 306 g/mol. The van der Waals surface area contributed by atoms with E-state index in [0.717, 1.165) is 6.54 Å². The van der Waals surface area contributed by atoms with E-state index < -0.39 is 0 Å². The lowest BCUT2D eigenvalue weighted by Gasteiger charge is -2.24. The van der Waals surface area contributed by atoms with Crippen LogP contribution in [0.1, 0.15) is 18.7 Å². The van der Waals surface area contributed by atoms with E-state index in [0.29, 0.717) is 17.8 Å². The van der Waals surface area contributed by atoms with Crippen LogP contribution in [0.15, 0.2) is 17.5 Å². The zero-order valence-corrected chi connectivity index (χ0v) is 14.0. The highest BCUT2D eigenvalue weighted by molar-refractivity contribution is 7.10. The lowest BCUT2D eigenvalue weighted by Crippen LogP contribution is -2.27. The molecule has 0 saturated carbocycles. The van der Waals surface area contributed by atoms with Crippen LogP contribution in [0, 0.1) is 0 Å². The zero-order valence-electron chi connectivity index (χ0n) is 13.1. The van der Waals surface area contributed by atoms with Gasteiger partial charge in [0, 0.05) is 38.0 Å². The summed E-state index contributed by atoms with van der Waals surface area (Å²) in [5, 5.41) is 8.38. The Morgan fingerprint density at radius 3 is 2.48 bits per heavy atom. The second-order valence-corrected chi connectivity index (χ2v) is 6.59. The molecule has 7 heteroatoms. The van der Waals surface area contributed by atoms with Crippen LogP contribution >= 0.6 is 11.3 Å². The predicted molar refractivity (Wildman–Crippen MR) is 89.5 cm³/mol. The average Bonchev–Trinajstić information content (AvgIpc) is 3.00. The summed E-state index contributed by atoms with van der Waals surface area (Å²) in [5.41, 5.74) is 0.0267. The lowest BCUT2D eigenvalue weighted by molar-refractivity contribution is 0.567. The van der Waals surface area contributed by atoms with E-state index in [1.165, 1.54) is 4.88 Å². The van der Waals surface area contributed by atoms with Crippen molar-refractivity contribution in [3.8, 4) is 0 Å². The number of nitrogens with one attached hydrogen (secondary N) is 2. The topological polar surface area (TPSA) is 66.0 Å². The van der Waals surface area contributed by atoms with Crippen molar-refractivity contribution < 1.29 is 0 Å². The molecule has 2 rings (SSSR count). The maximum Gasteiger partial charge on any atom is 0.231 e. The molecule has 0 bridgehead atoms. The molecule has 0 aliphatic rings. The second-order valence-electron chi connectivity index (χ2n) is 5.64. The van der Waals surface area contributed by atoms with Crippen molar-refractivity contribution in [1.82, 2.24) is 15.0 Å². The third-order valence-corrected chi connectivity index (χ3v) is 4.36. The van der Waals surface area contributed by atoms with Crippen molar-refractivity contribution in [3.05, 3.63) is 22.4 Å². The Morgan fingerprint density at radius 1 is 1.19 bits per heavy atom. The Bertz CT molecular complexity index is 579. The molecule has 6 nitrogen and oxygen atoms in total. The standard InChI is InChI=1S/C14H22N6S/c1-14(2,10-7-6-8-21-10)9-16-12-17-11(15-3)18-13(19-12)20(4)5/h6-8H,9H2,1-5H3,(H2,15,16,17,18,19). The first-order valence-corrected chi connectivity index (χ1v) is 7.69. The molecule has 2 aromatic rings. The van der Waals surface area contributed by atoms with Crippen LogP contribution in [0.4, 0.5) is 17.8 Å². The molecular weight excluding hydrogens is 284 g/mol. The van der Waals surface area contributed by atoms with E-state index in [4.69, 9.17) is 0 Å². The largest absolute Gasteiger partial charge is 0.357 e. The van der Waals surface area contributed by atoms with E-state index in [1.54, 1.807) is 18.4 Å². The molecule has 0 radical (unpaired) electrons. The van der Waals surface area contributed by atoms with E-state index in [1.807, 2.05) is 19.0 Å². The molecule has 2 N–H and O–H groups in total. The molecule has 0 fully saturated rings. The maximum absolute atomic E-state index is 4.42. The minimum Gasteiger partial charge on any atom is -0.357 e. The number of anilines is 3. The van der Waals surface area contributed by atoms with E-state index in [2.05, 4.69) is 56.9 Å². The molecule has 0 amide bonds. The van der Waals surface area contributed by atoms with Gasteiger partial charge in [0.05, 0.1) is 0 Å². The SMILES string of the molecule is CNc1nc(NCC(C)(C)c2cccs2)nc(N(C)C)n1. The molecule has 0 aliphatic heterocycles. The first-order chi connectivity index (χ1) is 9.92. The molecule has 0 saturated heterocycles. The van der Waals surface area contributed by atoms with Gasteiger partial charge in [-0.25, -0.2) is 0 Å². The quantitative estimate of drug-likeness (QED) is 0.854. The zero-order chi connectivity index (χ0) is 15.5. The number of thiophene rings is 1. The van der Waals surface area contributed by atoms with Gasteiger partial charge in [-0.2, -0.15) is 15.0 Å². The number of rotatable bonds is 6. The Hall–Kier alpha value is -1.89. The maximum atomic E-state index is 4.42. The summed E-state index contributed by atoms with van der Waals surface area (Å²) < 4.78 is 0. The summed E-state index contributed by atoms with van der Waals surface area (Å²) in [6.45, 7) is 5.17. The lowest BCUT2D eigenvalue weighted by atomic mass is 9.91. The molecule has 0 unspecified atom stereocenters. The van der Waals surface area contributed by atoms with Crippen LogP contribution in [0.25, 0.3) is 0 Å². The van der Waals surface area contributed by atoms with Crippen LogP contribution in [-0.2, 0) is 5.41 Å². The van der Waals surface area contributed by atoms with Crippen LogP contribution in [0.5, 0.6) is 0 Å². The van der Waals surface area contributed by atoms with Crippen LogP contribution in [0.3, 0.4) is 0 Å². The molecule has 0 aliphatic carbocycles. The van der Waals surface area contributed by atoms with Gasteiger partial charge in [0.25, 0.3) is 0 Å². The summed E-state index contributed by atoms with van der Waals surface area (Å²) in [4.78, 5) is 16.3. The third kappa shape index (κ3) is 3.81. The highest BCUT2D eigenvalue weighted by Crippen LogP contribution is 2.27. The van der Waals surface area contributed by atoms with Gasteiger partial charge in [0.15, 0.2) is 0 Å². The van der Waals surface area contributed by atoms with Gasteiger partial charge in [-0.3, -0.25) is 0 Å². The fraction of sp³-hybridized carbons (Fsp3) is 0.500. The van der Waals surface area contributed by atoms with Crippen molar-refractivity contribution in [2.24, 2.45) is 0 Å². The summed E-state index contributed by atoms with van der Waals surface area (Å²) in [6, 6.07) is 4.23. The number of hydrogen-bond acceptors (Lipinski definition) is 7. The normalized spacial score (nSPS) is 11.3. The first kappa shape index (κ1) is 15.5. The van der Waals surface area contributed by atoms with Crippen molar-refractivity contribution in [1.29, 1.82) is 0 Å². The van der Waals surface area contributed by atoms with Gasteiger partial charge in [-0.05, 0) is 11.4 Å². The van der Waals surface area contributed by atoms with Gasteiger partial charge in [-0.1, -0.05) is 19.9 Å². The van der Waals surface area contributed by atoms with Crippen molar-refractivity contribution in [2.45, 2.75) is 19.3 Å². The summed E-state index contributed by atoms with van der Waals surface area (Å²) in [7, 11) is 5.62. The Labute approximate surface area is 129 Å². The van der Waals surface area contributed by atoms with Crippen molar-refractivity contribution in [3.63, 3.8) is 0 Å². The van der Waals surface area contributed by atoms with Gasteiger partial charge >= 0.3 is 0 Å². The van der Waals surface area contributed by atoms with Crippen molar-refractivity contribution in [2.75, 3.05) is 43.2 Å². The van der Waals surface area contributed by atoms with Gasteiger partial charge in [0.2, 0.25) is 17.8 Å². The fourth-order valence-electron chi connectivity index (χ4n) is 1.81. The third-order valence-electron chi connectivity index (χ3n) is 3.12. The van der Waals surface area contributed by atoms with Gasteiger partial charge in [0.1, 0.15) is 0 Å². The minimum absolute atomic E-state index is 0.0267. The van der Waals surface area contributed by atoms with E-state index >= 15 is 0 Å². The molecule has 0 aromatic carbocycles. The smallest absolute Gasteiger partial charge is 0.231 e. The molecule has 21 heavy (non-hydrogen) atoms. The van der Waals surface area contributed by atoms with Crippen LogP contribution in [-0.4, -0.2) is 42.6 Å². The highest BCUT2D eigenvalue weighted by Gasteiger charge is 2.22. The Kier molecular flexibility index (Phi) is 4.62. The molecule has 0 spiro atoms. The van der Waals surface area contributed by atoms with Crippen LogP contribution in [0.2, 0.25) is 0 Å². The van der Waals surface area contributed by atoms with E-state index in [9.17, 15) is 0 Å². The molecule has 0 atom stereocenters. The van der Waals surface area contributed by atoms with Gasteiger partial charge < -0.3 is 15.5 Å². The molecule has 114 valence electrons. The first-order valence-electron chi connectivity index (χ1n) is 6.81. The highest BCUT2D eigenvalue weighted by atomic mass is 32.1. The molecular formula is C14H22N6S. The second kappa shape index (κ2) is 6.26. The number of hydrogen-bond donors (Lipinski definition) is 2. The summed E-state index contributed by atoms with van der Waals surface area (Å²) in [5.74, 6) is 1.78. The Balaban J connectivity index is 2.14. The summed E-state index contributed by atoms with van der Waals surface area (Å²) in [6.07, 6.45) is 0. The fourth-order valence-corrected chi connectivity index (χ4v) is 2.66. The predicted octanol–water partition coefficient (Wildman–Crippen LogP) is 2.43. The minimum atomic E-state index is 0.0267. The van der Waals surface area contributed by atoms with Crippen molar-refractivity contribution >= 4 is 29.2 Å². The van der Waals surface area contributed by atoms with Gasteiger partial charge in [-0.15, -0.1) is 11.3 Å². The van der Waals surface area contributed by atoms with Crippen LogP contribution < -0.4 is 15.5 Å². The number of nitrogens with zero attached hydrogens (tertiary/aromatic N) is 4. The number of aromatic nitrogens is 3. The Morgan fingerprint density at radius 2 is 1.90 bits per heavy atom. The monoisotopic (exact) mass is 306 g/mol. The summed E-state index contributed by atoms with van der Waals surface area (Å²) >= 11 is 1.77. The molecule has 2 heterocycles. The molecule has 2 aromatic heterocycles. The van der Waals surface area contributed by atoms with E-state index in [-0.39, 0.29) is 5.41 Å².